The first kappa shape index (κ1) is 8.43. The Labute approximate surface area is 55.0 Å². The van der Waals surface area contributed by atoms with E-state index in [-0.39, 0.29) is 12.6 Å². The van der Waals surface area contributed by atoms with E-state index in [4.69, 9.17) is 0 Å². The molecule has 0 atom stereocenters. The largest absolute Gasteiger partial charge is 0.457 e. The molecule has 0 fully saturated rings. The molecule has 0 spiro atoms. The summed E-state index contributed by atoms with van der Waals surface area (Å²) in [5, 5.41) is 0. The third-order valence-corrected chi connectivity index (χ3v) is 0.644. The van der Waals surface area contributed by atoms with Gasteiger partial charge < -0.3 is 9.47 Å². The topological polar surface area (TPSA) is 35.5 Å². The molecule has 0 saturated carbocycles. The van der Waals surface area contributed by atoms with Gasteiger partial charge in [-0.05, 0) is 6.42 Å². The first-order valence-corrected chi connectivity index (χ1v) is 2.81. The van der Waals surface area contributed by atoms with Gasteiger partial charge in [-0.15, -0.1) is 0 Å². The molecule has 1 radical (unpaired) electrons. The molecule has 0 heterocycles. The lowest BCUT2D eigenvalue weighted by Crippen LogP contribution is -2.08. The van der Waals surface area contributed by atoms with Crippen LogP contribution in [0.5, 0.6) is 0 Å². The number of carbonyl (C=O) groups is 1. The minimum Gasteiger partial charge on any atom is -0.457 e. The highest BCUT2D eigenvalue weighted by Gasteiger charge is 1.98. The highest BCUT2D eigenvalue weighted by molar-refractivity contribution is 5.70. The van der Waals surface area contributed by atoms with Crippen LogP contribution in [0.3, 0.4) is 0 Å². The van der Waals surface area contributed by atoms with E-state index >= 15 is 0 Å². The number of rotatable bonds is 4. The van der Waals surface area contributed by atoms with Gasteiger partial charge in [-0.3, -0.25) is 0 Å². The van der Waals surface area contributed by atoms with Crippen molar-refractivity contribution in [3.05, 3.63) is 6.61 Å². The Hall–Kier alpha value is -0.570. The van der Waals surface area contributed by atoms with Crippen molar-refractivity contribution in [2.45, 2.75) is 13.3 Å². The van der Waals surface area contributed by atoms with Crippen molar-refractivity contribution in [1.29, 1.82) is 0 Å². The van der Waals surface area contributed by atoms with Gasteiger partial charge in [-0.2, -0.15) is 0 Å². The molecule has 0 amide bonds. The predicted molar refractivity (Wildman–Crippen MR) is 32.6 cm³/mol. The Morgan fingerprint density at radius 1 is 1.67 bits per heavy atom. The third kappa shape index (κ3) is 5.30. The van der Waals surface area contributed by atoms with Gasteiger partial charge in [-0.25, -0.2) is 4.79 Å². The van der Waals surface area contributed by atoms with Crippen LogP contribution in [0.1, 0.15) is 13.3 Å². The number of esters is 1. The summed E-state index contributed by atoms with van der Waals surface area (Å²) in [5.41, 5.74) is 0. The summed E-state index contributed by atoms with van der Waals surface area (Å²) in [5.74, 6) is -0.348. The molecule has 3 heteroatoms. The zero-order valence-corrected chi connectivity index (χ0v) is 5.72. The average Bonchev–Trinajstić information content (AvgIpc) is 1.85. The molecule has 0 rings (SSSR count). The molecule has 0 aliphatic carbocycles. The Bertz CT molecular complexity index is 80.4. The van der Waals surface area contributed by atoms with Crippen molar-refractivity contribution in [3.8, 4) is 0 Å². The van der Waals surface area contributed by atoms with Crippen LogP contribution in [0.15, 0.2) is 0 Å². The molecule has 0 unspecified atom stereocenters. The van der Waals surface area contributed by atoms with Gasteiger partial charge in [0, 0.05) is 7.11 Å². The van der Waals surface area contributed by atoms with E-state index in [2.05, 4.69) is 9.47 Å². The van der Waals surface area contributed by atoms with Gasteiger partial charge in [0.2, 0.25) is 0 Å². The summed E-state index contributed by atoms with van der Waals surface area (Å²) in [4.78, 5) is 10.4. The minimum atomic E-state index is -0.348. The first-order valence-electron chi connectivity index (χ1n) is 2.81. The maximum absolute atomic E-state index is 10.4. The molecule has 0 bridgehead atoms. The highest BCUT2D eigenvalue weighted by atomic mass is 16.6. The maximum Gasteiger partial charge on any atom is 0.332 e. The van der Waals surface area contributed by atoms with Gasteiger partial charge >= 0.3 is 5.97 Å². The maximum atomic E-state index is 10.4. The van der Waals surface area contributed by atoms with E-state index in [1.807, 2.05) is 6.92 Å². The molecule has 0 aromatic rings. The summed E-state index contributed by atoms with van der Waals surface area (Å²) in [6.07, 6.45) is 0.732. The van der Waals surface area contributed by atoms with Crippen LogP contribution in [0.25, 0.3) is 0 Å². The van der Waals surface area contributed by atoms with Crippen molar-refractivity contribution in [2.24, 2.45) is 0 Å². The number of methoxy groups -OCH3 is 1. The summed E-state index contributed by atoms with van der Waals surface area (Å²) >= 11 is 0. The summed E-state index contributed by atoms with van der Waals surface area (Å²) in [7, 11) is 1.45. The van der Waals surface area contributed by atoms with Crippen molar-refractivity contribution < 1.29 is 14.3 Å². The summed E-state index contributed by atoms with van der Waals surface area (Å²) < 4.78 is 9.05. The second-order valence-electron chi connectivity index (χ2n) is 1.50. The zero-order chi connectivity index (χ0) is 7.11. The fraction of sp³-hybridized carbons (Fsp3) is 0.667. The molecule has 0 aliphatic heterocycles. The van der Waals surface area contributed by atoms with Crippen LogP contribution in [0.2, 0.25) is 0 Å². The van der Waals surface area contributed by atoms with Gasteiger partial charge in [0.15, 0.2) is 0 Å². The molecule has 0 aliphatic rings. The highest BCUT2D eigenvalue weighted by Crippen LogP contribution is 1.87. The fourth-order valence-electron chi connectivity index (χ4n) is 0.328. The van der Waals surface area contributed by atoms with Crippen LogP contribution in [0.4, 0.5) is 0 Å². The van der Waals surface area contributed by atoms with Gasteiger partial charge in [-0.1, -0.05) is 6.92 Å². The number of carbonyl (C=O) groups excluding carboxylic acids is 1. The molecule has 53 valence electrons. The molecular formula is C6H11O3. The Kier molecular flexibility index (Phi) is 5.21. The van der Waals surface area contributed by atoms with Gasteiger partial charge in [0.25, 0.3) is 0 Å². The van der Waals surface area contributed by atoms with Crippen molar-refractivity contribution in [2.75, 3.05) is 13.7 Å². The SMILES string of the molecule is CC[CH]OC(=O)COC. The average molecular weight is 131 g/mol. The van der Waals surface area contributed by atoms with Crippen molar-refractivity contribution in [3.63, 3.8) is 0 Å². The molecule has 0 saturated heterocycles. The summed E-state index contributed by atoms with van der Waals surface area (Å²) in [6.45, 7) is 3.36. The number of ether oxygens (including phenoxy) is 2. The Morgan fingerprint density at radius 3 is 2.78 bits per heavy atom. The second-order valence-corrected chi connectivity index (χ2v) is 1.50. The molecule has 3 nitrogen and oxygen atoms in total. The summed E-state index contributed by atoms with van der Waals surface area (Å²) in [6, 6.07) is 0. The van der Waals surface area contributed by atoms with Crippen LogP contribution in [-0.4, -0.2) is 19.7 Å². The third-order valence-electron chi connectivity index (χ3n) is 0.644. The minimum absolute atomic E-state index is 0.0243. The molecule has 9 heavy (non-hydrogen) atoms. The van der Waals surface area contributed by atoms with E-state index in [1.54, 1.807) is 0 Å². The smallest absolute Gasteiger partial charge is 0.332 e. The lowest BCUT2D eigenvalue weighted by atomic mass is 10.5. The van der Waals surface area contributed by atoms with Gasteiger partial charge in [0.1, 0.15) is 13.2 Å². The van der Waals surface area contributed by atoms with Crippen LogP contribution < -0.4 is 0 Å². The van der Waals surface area contributed by atoms with E-state index in [0.717, 1.165) is 6.42 Å². The van der Waals surface area contributed by atoms with E-state index in [1.165, 1.54) is 13.7 Å². The van der Waals surface area contributed by atoms with E-state index in [9.17, 15) is 4.79 Å². The zero-order valence-electron chi connectivity index (χ0n) is 5.72. The monoisotopic (exact) mass is 131 g/mol. The van der Waals surface area contributed by atoms with Crippen LogP contribution in [0, 0.1) is 6.61 Å². The molecule has 0 aromatic heterocycles. The first-order chi connectivity index (χ1) is 4.31. The van der Waals surface area contributed by atoms with Crippen molar-refractivity contribution in [1.82, 2.24) is 0 Å². The quantitative estimate of drug-likeness (QED) is 0.528. The molecular weight excluding hydrogens is 120 g/mol. The molecule has 0 aromatic carbocycles. The lowest BCUT2D eigenvalue weighted by molar-refractivity contribution is -0.144. The number of hydrogen-bond acceptors (Lipinski definition) is 3. The van der Waals surface area contributed by atoms with Crippen LogP contribution >= 0.6 is 0 Å². The standard InChI is InChI=1S/C6H11O3/c1-3-4-9-6(7)5-8-2/h4H,3,5H2,1-2H3. The van der Waals surface area contributed by atoms with Crippen molar-refractivity contribution >= 4 is 5.97 Å². The number of hydrogen-bond donors (Lipinski definition) is 0. The Morgan fingerprint density at radius 2 is 2.33 bits per heavy atom. The fourth-order valence-corrected chi connectivity index (χ4v) is 0.328. The normalized spacial score (nSPS) is 9.11. The van der Waals surface area contributed by atoms with E-state index in [0.29, 0.717) is 0 Å². The predicted octanol–water partition coefficient (Wildman–Crippen LogP) is 0.748. The van der Waals surface area contributed by atoms with Gasteiger partial charge in [0.05, 0.1) is 0 Å². The van der Waals surface area contributed by atoms with E-state index < -0.39 is 0 Å². The Balaban J connectivity index is 3.06. The van der Waals surface area contributed by atoms with Crippen LogP contribution in [-0.2, 0) is 14.3 Å². The lowest BCUT2D eigenvalue weighted by Gasteiger charge is -1.98. The molecule has 0 N–H and O–H groups in total. The second kappa shape index (κ2) is 5.56.